The van der Waals surface area contributed by atoms with Gasteiger partial charge in [0.2, 0.25) is 5.91 Å². The van der Waals surface area contributed by atoms with Gasteiger partial charge in [-0.25, -0.2) is 13.4 Å². The summed E-state index contributed by atoms with van der Waals surface area (Å²) < 4.78 is 27.2. The summed E-state index contributed by atoms with van der Waals surface area (Å²) in [5, 5.41) is 5.53. The number of carbonyl (C=O) groups excluding carboxylic acids is 2. The SMILES string of the molecule is O=C1CC(Nc2ccc(S(=O)(=O)Nc3nccs3)cc2)C(=O)N1Cc1ccc(Cl)cc1. The number of nitrogens with one attached hydrogen (secondary N) is 2. The number of sulfonamides is 1. The number of halogens is 1. The second kappa shape index (κ2) is 8.66. The molecule has 11 heteroatoms. The minimum atomic E-state index is -3.76. The number of hydrogen-bond acceptors (Lipinski definition) is 7. The first-order chi connectivity index (χ1) is 14.8. The molecule has 1 atom stereocenters. The molecule has 0 saturated carbocycles. The summed E-state index contributed by atoms with van der Waals surface area (Å²) in [4.78, 5) is 30.2. The zero-order valence-electron chi connectivity index (χ0n) is 16.0. The number of thiazole rings is 1. The van der Waals surface area contributed by atoms with E-state index in [4.69, 9.17) is 11.6 Å². The maximum absolute atomic E-state index is 12.7. The number of likely N-dealkylation sites (tertiary alicyclic amines) is 1. The number of amides is 2. The van der Waals surface area contributed by atoms with Crippen LogP contribution in [0.15, 0.2) is 65.0 Å². The minimum absolute atomic E-state index is 0.0259. The largest absolute Gasteiger partial charge is 0.373 e. The highest BCUT2D eigenvalue weighted by Crippen LogP contribution is 2.23. The molecule has 1 aromatic heterocycles. The van der Waals surface area contributed by atoms with Gasteiger partial charge in [0.1, 0.15) is 6.04 Å². The van der Waals surface area contributed by atoms with Crippen LogP contribution in [-0.4, -0.2) is 36.2 Å². The van der Waals surface area contributed by atoms with Gasteiger partial charge in [-0.3, -0.25) is 19.2 Å². The van der Waals surface area contributed by atoms with Gasteiger partial charge in [0.15, 0.2) is 5.13 Å². The van der Waals surface area contributed by atoms with Crippen molar-refractivity contribution in [2.75, 3.05) is 10.0 Å². The molecule has 1 aliphatic rings. The van der Waals surface area contributed by atoms with E-state index >= 15 is 0 Å². The van der Waals surface area contributed by atoms with Crippen molar-refractivity contribution < 1.29 is 18.0 Å². The maximum atomic E-state index is 12.7. The van der Waals surface area contributed by atoms with E-state index in [0.717, 1.165) is 5.56 Å². The zero-order chi connectivity index (χ0) is 22.0. The van der Waals surface area contributed by atoms with Gasteiger partial charge in [-0.15, -0.1) is 11.3 Å². The van der Waals surface area contributed by atoms with Crippen LogP contribution < -0.4 is 10.0 Å². The van der Waals surface area contributed by atoms with Crippen LogP contribution in [0.2, 0.25) is 5.02 Å². The predicted octanol–water partition coefficient (Wildman–Crippen LogP) is 3.34. The van der Waals surface area contributed by atoms with Gasteiger partial charge >= 0.3 is 0 Å². The molecule has 1 saturated heterocycles. The lowest BCUT2D eigenvalue weighted by Gasteiger charge is -2.16. The van der Waals surface area contributed by atoms with Crippen molar-refractivity contribution in [2.24, 2.45) is 0 Å². The topological polar surface area (TPSA) is 108 Å². The third-order valence-electron chi connectivity index (χ3n) is 4.66. The molecular weight excluding hydrogens is 460 g/mol. The molecule has 1 unspecified atom stereocenters. The van der Waals surface area contributed by atoms with Crippen molar-refractivity contribution in [1.29, 1.82) is 0 Å². The monoisotopic (exact) mass is 476 g/mol. The molecule has 4 rings (SSSR count). The lowest BCUT2D eigenvalue weighted by Crippen LogP contribution is -2.34. The van der Waals surface area contributed by atoms with Crippen LogP contribution in [0.5, 0.6) is 0 Å². The Kier molecular flexibility index (Phi) is 5.94. The minimum Gasteiger partial charge on any atom is -0.373 e. The predicted molar refractivity (Wildman–Crippen MR) is 118 cm³/mol. The Morgan fingerprint density at radius 2 is 1.81 bits per heavy atom. The summed E-state index contributed by atoms with van der Waals surface area (Å²) >= 11 is 7.05. The highest BCUT2D eigenvalue weighted by molar-refractivity contribution is 7.93. The number of nitrogens with zero attached hydrogens (tertiary/aromatic N) is 2. The molecule has 3 aromatic rings. The second-order valence-electron chi connectivity index (χ2n) is 6.81. The van der Waals surface area contributed by atoms with E-state index in [2.05, 4.69) is 15.0 Å². The van der Waals surface area contributed by atoms with E-state index in [-0.39, 0.29) is 34.8 Å². The zero-order valence-corrected chi connectivity index (χ0v) is 18.4. The summed E-state index contributed by atoms with van der Waals surface area (Å²) in [6, 6.07) is 12.2. The Hall–Kier alpha value is -2.95. The molecule has 2 aromatic carbocycles. The molecule has 1 fully saturated rings. The van der Waals surface area contributed by atoms with Gasteiger partial charge in [-0.05, 0) is 42.0 Å². The molecule has 0 spiro atoms. The number of anilines is 2. The molecule has 2 heterocycles. The Balaban J connectivity index is 1.41. The maximum Gasteiger partial charge on any atom is 0.263 e. The number of carbonyl (C=O) groups is 2. The first kappa shape index (κ1) is 21.3. The molecule has 2 amide bonds. The highest BCUT2D eigenvalue weighted by atomic mass is 35.5. The second-order valence-corrected chi connectivity index (χ2v) is 9.83. The van der Waals surface area contributed by atoms with E-state index in [1.165, 1.54) is 34.6 Å². The Morgan fingerprint density at radius 1 is 1.10 bits per heavy atom. The average Bonchev–Trinajstić information content (AvgIpc) is 3.33. The van der Waals surface area contributed by atoms with Crippen molar-refractivity contribution in [1.82, 2.24) is 9.88 Å². The van der Waals surface area contributed by atoms with Crippen molar-refractivity contribution in [3.8, 4) is 0 Å². The molecule has 160 valence electrons. The average molecular weight is 477 g/mol. The van der Waals surface area contributed by atoms with Crippen molar-refractivity contribution in [2.45, 2.75) is 23.9 Å². The van der Waals surface area contributed by atoms with E-state index in [1.807, 2.05) is 0 Å². The van der Waals surface area contributed by atoms with Gasteiger partial charge in [-0.2, -0.15) is 0 Å². The van der Waals surface area contributed by atoms with Crippen LogP contribution in [0.3, 0.4) is 0 Å². The van der Waals surface area contributed by atoms with Crippen LogP contribution in [0, 0.1) is 0 Å². The lowest BCUT2D eigenvalue weighted by molar-refractivity contribution is -0.139. The standard InChI is InChI=1S/C20H17ClN4O4S2/c21-14-3-1-13(2-4-14)12-25-18(26)11-17(19(25)27)23-15-5-7-16(8-6-15)31(28,29)24-20-22-9-10-30-20/h1-10,17,23H,11-12H2,(H,22,24). The fraction of sp³-hybridized carbons (Fsp3) is 0.150. The van der Waals surface area contributed by atoms with Gasteiger partial charge in [-0.1, -0.05) is 23.7 Å². The van der Waals surface area contributed by atoms with Crippen molar-refractivity contribution in [3.05, 3.63) is 70.7 Å². The van der Waals surface area contributed by atoms with Gasteiger partial charge in [0.25, 0.3) is 15.9 Å². The van der Waals surface area contributed by atoms with Crippen LogP contribution in [0.25, 0.3) is 0 Å². The van der Waals surface area contributed by atoms with Crippen LogP contribution in [0.4, 0.5) is 10.8 Å². The molecule has 0 bridgehead atoms. The Bertz CT molecular complexity index is 1200. The van der Waals surface area contributed by atoms with E-state index in [9.17, 15) is 18.0 Å². The van der Waals surface area contributed by atoms with E-state index in [1.54, 1.807) is 41.8 Å². The van der Waals surface area contributed by atoms with Crippen molar-refractivity contribution >= 4 is 55.6 Å². The smallest absolute Gasteiger partial charge is 0.263 e. The highest BCUT2D eigenvalue weighted by Gasteiger charge is 2.38. The first-order valence-corrected chi connectivity index (χ1v) is 11.9. The number of benzene rings is 2. The third-order valence-corrected chi connectivity index (χ3v) is 7.08. The number of hydrogen-bond donors (Lipinski definition) is 2. The number of aromatic nitrogens is 1. The molecule has 2 N–H and O–H groups in total. The molecule has 8 nitrogen and oxygen atoms in total. The summed E-state index contributed by atoms with van der Waals surface area (Å²) in [5.74, 6) is -0.605. The molecular formula is C20H17ClN4O4S2. The summed E-state index contributed by atoms with van der Waals surface area (Å²) in [6.45, 7) is 0.173. The van der Waals surface area contributed by atoms with Gasteiger partial charge in [0.05, 0.1) is 17.9 Å². The summed E-state index contributed by atoms with van der Waals surface area (Å²) in [7, 11) is -3.76. The first-order valence-electron chi connectivity index (χ1n) is 9.19. The molecule has 0 aliphatic carbocycles. The quantitative estimate of drug-likeness (QED) is 0.506. The molecule has 0 radical (unpaired) electrons. The Morgan fingerprint density at radius 3 is 2.45 bits per heavy atom. The normalized spacial score (nSPS) is 16.5. The van der Waals surface area contributed by atoms with E-state index in [0.29, 0.717) is 10.7 Å². The fourth-order valence-corrected chi connectivity index (χ4v) is 5.03. The van der Waals surface area contributed by atoms with Crippen LogP contribution in [0.1, 0.15) is 12.0 Å². The van der Waals surface area contributed by atoms with E-state index < -0.39 is 16.1 Å². The van der Waals surface area contributed by atoms with Crippen molar-refractivity contribution in [3.63, 3.8) is 0 Å². The van der Waals surface area contributed by atoms with Gasteiger partial charge < -0.3 is 5.32 Å². The van der Waals surface area contributed by atoms with Crippen LogP contribution in [-0.2, 0) is 26.2 Å². The number of imide groups is 1. The molecule has 31 heavy (non-hydrogen) atoms. The van der Waals surface area contributed by atoms with Crippen LogP contribution >= 0.6 is 22.9 Å². The number of rotatable bonds is 7. The Labute approximate surface area is 187 Å². The molecule has 1 aliphatic heterocycles. The summed E-state index contributed by atoms with van der Waals surface area (Å²) in [5.41, 5.74) is 1.33. The van der Waals surface area contributed by atoms with Gasteiger partial charge in [0, 0.05) is 22.3 Å². The third kappa shape index (κ3) is 4.87. The summed E-state index contributed by atoms with van der Waals surface area (Å²) in [6.07, 6.45) is 1.53. The lowest BCUT2D eigenvalue weighted by atomic mass is 10.2. The fourth-order valence-electron chi connectivity index (χ4n) is 3.11.